The van der Waals surface area contributed by atoms with Gasteiger partial charge in [-0.25, -0.2) is 4.39 Å². The van der Waals surface area contributed by atoms with E-state index in [9.17, 15) is 14.0 Å². The van der Waals surface area contributed by atoms with E-state index in [1.807, 2.05) is 23.1 Å². The van der Waals surface area contributed by atoms with Crippen LogP contribution in [-0.4, -0.2) is 44.0 Å². The van der Waals surface area contributed by atoms with E-state index < -0.39 is 11.7 Å². The number of halogens is 1. The van der Waals surface area contributed by atoms with Gasteiger partial charge < -0.3 is 19.3 Å². The molecular weight excluding hydrogens is 387 g/mol. The molecule has 0 aromatic heterocycles. The molecule has 0 N–H and O–H groups in total. The molecule has 0 aliphatic carbocycles. The number of amides is 2. The first kappa shape index (κ1) is 20.2. The van der Waals surface area contributed by atoms with Crippen LogP contribution < -0.4 is 14.4 Å². The Hall–Kier alpha value is -3.09. The van der Waals surface area contributed by atoms with Gasteiger partial charge >= 0.3 is 0 Å². The van der Waals surface area contributed by atoms with Gasteiger partial charge in [0.05, 0.1) is 26.2 Å². The Morgan fingerprint density at radius 2 is 1.97 bits per heavy atom. The molecule has 7 heteroatoms. The summed E-state index contributed by atoms with van der Waals surface area (Å²) in [6, 6.07) is 11.4. The summed E-state index contributed by atoms with van der Waals surface area (Å²) in [5, 5.41) is 0. The van der Waals surface area contributed by atoms with Crippen LogP contribution in [0.25, 0.3) is 0 Å². The topological polar surface area (TPSA) is 59.1 Å². The average Bonchev–Trinajstić information content (AvgIpc) is 3.39. The normalized spacial score (nSPS) is 21.2. The van der Waals surface area contributed by atoms with Crippen molar-refractivity contribution in [3.8, 4) is 11.5 Å². The third kappa shape index (κ3) is 3.72. The minimum Gasteiger partial charge on any atom is -0.497 e. The third-order valence-corrected chi connectivity index (χ3v) is 5.93. The highest BCUT2D eigenvalue weighted by Gasteiger charge is 2.41. The number of hydrogen-bond acceptors (Lipinski definition) is 4. The largest absolute Gasteiger partial charge is 0.497 e. The monoisotopic (exact) mass is 412 g/mol. The molecule has 2 fully saturated rings. The van der Waals surface area contributed by atoms with Crippen molar-refractivity contribution in [2.45, 2.75) is 25.3 Å². The lowest BCUT2D eigenvalue weighted by Crippen LogP contribution is -2.37. The third-order valence-electron chi connectivity index (χ3n) is 5.93. The Morgan fingerprint density at radius 1 is 1.13 bits per heavy atom. The smallest absolute Gasteiger partial charge is 0.228 e. The fourth-order valence-electron chi connectivity index (χ4n) is 4.45. The Labute approximate surface area is 175 Å². The number of rotatable bonds is 5. The van der Waals surface area contributed by atoms with Gasteiger partial charge in [-0.3, -0.25) is 9.59 Å². The molecular formula is C23H25FN2O4. The van der Waals surface area contributed by atoms with E-state index in [1.54, 1.807) is 26.4 Å². The molecule has 2 aliphatic rings. The summed E-state index contributed by atoms with van der Waals surface area (Å²) in [5.74, 6) is 0.365. The van der Waals surface area contributed by atoms with Gasteiger partial charge in [-0.15, -0.1) is 0 Å². The van der Waals surface area contributed by atoms with Crippen molar-refractivity contribution >= 4 is 17.5 Å². The second-order valence-electron chi connectivity index (χ2n) is 7.68. The SMILES string of the molecule is COc1ccc(OC)c([C@@H]2CCCN2C(=O)[C@H]2CC(=O)N(c3cccc(F)c3)C2)c1. The lowest BCUT2D eigenvalue weighted by atomic mass is 10.0. The van der Waals surface area contributed by atoms with Gasteiger partial charge in [0.15, 0.2) is 0 Å². The van der Waals surface area contributed by atoms with Crippen LogP contribution in [0.4, 0.5) is 10.1 Å². The highest BCUT2D eigenvalue weighted by atomic mass is 19.1. The maximum atomic E-state index is 13.6. The molecule has 2 saturated heterocycles. The molecule has 2 aromatic carbocycles. The quantitative estimate of drug-likeness (QED) is 0.754. The maximum Gasteiger partial charge on any atom is 0.228 e. The van der Waals surface area contributed by atoms with Gasteiger partial charge in [-0.1, -0.05) is 6.07 Å². The zero-order chi connectivity index (χ0) is 21.3. The Balaban J connectivity index is 1.55. The molecule has 2 aromatic rings. The molecule has 2 heterocycles. The fourth-order valence-corrected chi connectivity index (χ4v) is 4.45. The molecule has 0 bridgehead atoms. The number of anilines is 1. The van der Waals surface area contributed by atoms with Gasteiger partial charge in [-0.2, -0.15) is 0 Å². The number of methoxy groups -OCH3 is 2. The lowest BCUT2D eigenvalue weighted by Gasteiger charge is -2.29. The second kappa shape index (κ2) is 8.34. The van der Waals surface area contributed by atoms with Crippen LogP contribution in [0.5, 0.6) is 11.5 Å². The van der Waals surface area contributed by atoms with Crippen LogP contribution in [0.3, 0.4) is 0 Å². The molecule has 0 saturated carbocycles. The van der Waals surface area contributed by atoms with Gasteiger partial charge in [0.25, 0.3) is 0 Å². The fraction of sp³-hybridized carbons (Fsp3) is 0.391. The number of carbonyl (C=O) groups is 2. The molecule has 6 nitrogen and oxygen atoms in total. The minimum atomic E-state index is -0.446. The first-order valence-corrected chi connectivity index (χ1v) is 10.1. The summed E-state index contributed by atoms with van der Waals surface area (Å²) in [7, 11) is 3.22. The van der Waals surface area contributed by atoms with Crippen molar-refractivity contribution in [2.75, 3.05) is 32.2 Å². The number of hydrogen-bond donors (Lipinski definition) is 0. The number of benzene rings is 2. The van der Waals surface area contributed by atoms with E-state index in [0.717, 1.165) is 18.4 Å². The van der Waals surface area contributed by atoms with E-state index in [0.29, 0.717) is 23.7 Å². The van der Waals surface area contributed by atoms with E-state index in [2.05, 4.69) is 0 Å². The molecule has 30 heavy (non-hydrogen) atoms. The molecule has 158 valence electrons. The maximum absolute atomic E-state index is 13.6. The minimum absolute atomic E-state index is 0.0466. The first-order valence-electron chi connectivity index (χ1n) is 10.1. The Kier molecular flexibility index (Phi) is 5.61. The van der Waals surface area contributed by atoms with Crippen molar-refractivity contribution in [1.82, 2.24) is 4.90 Å². The van der Waals surface area contributed by atoms with Crippen molar-refractivity contribution in [2.24, 2.45) is 5.92 Å². The summed E-state index contributed by atoms with van der Waals surface area (Å²) in [6.07, 6.45) is 1.84. The molecule has 2 atom stereocenters. The van der Waals surface area contributed by atoms with Gasteiger partial charge in [0, 0.05) is 30.8 Å². The van der Waals surface area contributed by atoms with Crippen molar-refractivity contribution < 1.29 is 23.5 Å². The standard InChI is InChI=1S/C23H25FN2O4/c1-29-18-8-9-21(30-2)19(13-18)20-7-4-10-25(20)23(28)15-11-22(27)26(14-15)17-6-3-5-16(24)12-17/h3,5-6,8-9,12-13,15,20H,4,7,10-11,14H2,1-2H3/t15-,20-/m0/s1. The number of ether oxygens (including phenoxy) is 2. The highest BCUT2D eigenvalue weighted by Crippen LogP contribution is 2.40. The van der Waals surface area contributed by atoms with E-state index >= 15 is 0 Å². The molecule has 2 aliphatic heterocycles. The molecule has 0 spiro atoms. The first-order chi connectivity index (χ1) is 14.5. The predicted octanol–water partition coefficient (Wildman–Crippen LogP) is 3.56. The van der Waals surface area contributed by atoms with Crippen LogP contribution in [0.1, 0.15) is 30.9 Å². The average molecular weight is 412 g/mol. The van der Waals surface area contributed by atoms with Gasteiger partial charge in [0.2, 0.25) is 11.8 Å². The number of likely N-dealkylation sites (tertiary alicyclic amines) is 1. The summed E-state index contributed by atoms with van der Waals surface area (Å²) in [4.78, 5) is 29.3. The van der Waals surface area contributed by atoms with Crippen LogP contribution >= 0.6 is 0 Å². The molecule has 0 unspecified atom stereocenters. The van der Waals surface area contributed by atoms with E-state index in [-0.39, 0.29) is 30.8 Å². The van der Waals surface area contributed by atoms with Crippen LogP contribution in [0.2, 0.25) is 0 Å². The Morgan fingerprint density at radius 3 is 2.70 bits per heavy atom. The predicted molar refractivity (Wildman–Crippen MR) is 110 cm³/mol. The number of nitrogens with zero attached hydrogens (tertiary/aromatic N) is 2. The lowest BCUT2D eigenvalue weighted by molar-refractivity contribution is -0.136. The summed E-state index contributed by atoms with van der Waals surface area (Å²) in [5.41, 5.74) is 1.40. The van der Waals surface area contributed by atoms with Crippen molar-refractivity contribution in [3.05, 3.63) is 53.8 Å². The van der Waals surface area contributed by atoms with E-state index in [4.69, 9.17) is 9.47 Å². The van der Waals surface area contributed by atoms with Crippen molar-refractivity contribution in [1.29, 1.82) is 0 Å². The molecule has 0 radical (unpaired) electrons. The van der Waals surface area contributed by atoms with Crippen LogP contribution in [0, 0.1) is 11.7 Å². The molecule has 2 amide bonds. The highest BCUT2D eigenvalue weighted by molar-refractivity contribution is 6.00. The zero-order valence-corrected chi connectivity index (χ0v) is 17.1. The summed E-state index contributed by atoms with van der Waals surface area (Å²) >= 11 is 0. The summed E-state index contributed by atoms with van der Waals surface area (Å²) in [6.45, 7) is 0.897. The van der Waals surface area contributed by atoms with Gasteiger partial charge in [-0.05, 0) is 49.2 Å². The Bertz CT molecular complexity index is 964. The van der Waals surface area contributed by atoms with Gasteiger partial charge in [0.1, 0.15) is 17.3 Å². The molecule has 4 rings (SSSR count). The van der Waals surface area contributed by atoms with Crippen LogP contribution in [-0.2, 0) is 9.59 Å². The second-order valence-corrected chi connectivity index (χ2v) is 7.68. The van der Waals surface area contributed by atoms with Crippen LogP contribution in [0.15, 0.2) is 42.5 Å². The van der Waals surface area contributed by atoms with Crippen molar-refractivity contribution in [3.63, 3.8) is 0 Å². The number of carbonyl (C=O) groups excluding carboxylic acids is 2. The zero-order valence-electron chi connectivity index (χ0n) is 17.1. The van der Waals surface area contributed by atoms with E-state index in [1.165, 1.54) is 17.0 Å². The summed E-state index contributed by atoms with van der Waals surface area (Å²) < 4.78 is 24.5.